The SMILES string of the molecule is C[C@@H](OC(=O)c1cc(Br)ccc1N)C(=O)Nc1cccnc1Cl. The first-order valence-corrected chi connectivity index (χ1v) is 7.73. The minimum atomic E-state index is -1.03. The molecule has 1 aromatic heterocycles. The second-order valence-corrected chi connectivity index (χ2v) is 5.88. The van der Waals surface area contributed by atoms with Crippen molar-refractivity contribution < 1.29 is 14.3 Å². The monoisotopic (exact) mass is 397 g/mol. The molecule has 23 heavy (non-hydrogen) atoms. The molecule has 0 aliphatic heterocycles. The van der Waals surface area contributed by atoms with Crippen LogP contribution in [0.15, 0.2) is 41.0 Å². The minimum absolute atomic E-state index is 0.149. The van der Waals surface area contributed by atoms with Crippen LogP contribution in [0.4, 0.5) is 11.4 Å². The molecule has 0 spiro atoms. The largest absolute Gasteiger partial charge is 0.449 e. The molecule has 1 aromatic carbocycles. The van der Waals surface area contributed by atoms with Gasteiger partial charge in [-0.15, -0.1) is 0 Å². The Bertz CT molecular complexity index is 754. The van der Waals surface area contributed by atoms with Crippen LogP contribution in [0.5, 0.6) is 0 Å². The van der Waals surface area contributed by atoms with E-state index in [0.717, 1.165) is 0 Å². The number of nitrogens with one attached hydrogen (secondary N) is 1. The molecule has 3 N–H and O–H groups in total. The molecule has 1 atom stereocenters. The number of ether oxygens (including phenoxy) is 1. The van der Waals surface area contributed by atoms with Crippen LogP contribution in [0.3, 0.4) is 0 Å². The summed E-state index contributed by atoms with van der Waals surface area (Å²) in [5.74, 6) is -1.22. The quantitative estimate of drug-likeness (QED) is 0.468. The van der Waals surface area contributed by atoms with Crippen molar-refractivity contribution in [3.05, 3.63) is 51.7 Å². The van der Waals surface area contributed by atoms with E-state index in [-0.39, 0.29) is 16.4 Å². The van der Waals surface area contributed by atoms with E-state index in [1.165, 1.54) is 19.2 Å². The number of halogens is 2. The number of nitrogens with two attached hydrogens (primary N) is 1. The van der Waals surface area contributed by atoms with E-state index in [1.807, 2.05) is 0 Å². The lowest BCUT2D eigenvalue weighted by Gasteiger charge is -2.14. The molecule has 6 nitrogen and oxygen atoms in total. The lowest BCUT2D eigenvalue weighted by atomic mass is 10.2. The third-order valence-corrected chi connectivity index (χ3v) is 3.70. The van der Waals surface area contributed by atoms with Gasteiger partial charge in [-0.1, -0.05) is 27.5 Å². The fraction of sp³-hybridized carbons (Fsp3) is 0.133. The predicted molar refractivity (Wildman–Crippen MR) is 91.3 cm³/mol. The van der Waals surface area contributed by atoms with Gasteiger partial charge < -0.3 is 15.8 Å². The van der Waals surface area contributed by atoms with Gasteiger partial charge in [-0.25, -0.2) is 9.78 Å². The third kappa shape index (κ3) is 4.43. The van der Waals surface area contributed by atoms with Crippen molar-refractivity contribution in [2.75, 3.05) is 11.1 Å². The number of nitrogen functional groups attached to an aromatic ring is 1. The lowest BCUT2D eigenvalue weighted by Crippen LogP contribution is -2.30. The lowest BCUT2D eigenvalue weighted by molar-refractivity contribution is -0.123. The molecule has 0 saturated carbocycles. The Labute approximate surface area is 146 Å². The summed E-state index contributed by atoms with van der Waals surface area (Å²) in [7, 11) is 0. The molecule has 8 heteroatoms. The molecule has 1 heterocycles. The average Bonchev–Trinajstić information content (AvgIpc) is 2.51. The summed E-state index contributed by atoms with van der Waals surface area (Å²) < 4.78 is 5.81. The van der Waals surface area contributed by atoms with E-state index in [0.29, 0.717) is 10.2 Å². The van der Waals surface area contributed by atoms with Gasteiger partial charge in [0.05, 0.1) is 11.3 Å². The van der Waals surface area contributed by atoms with Crippen molar-refractivity contribution in [2.45, 2.75) is 13.0 Å². The minimum Gasteiger partial charge on any atom is -0.449 e. The molecule has 0 bridgehead atoms. The number of nitrogens with zero attached hydrogens (tertiary/aromatic N) is 1. The molecule has 2 aromatic rings. The van der Waals surface area contributed by atoms with Crippen LogP contribution in [0, 0.1) is 0 Å². The van der Waals surface area contributed by atoms with Gasteiger partial charge in [-0.2, -0.15) is 0 Å². The van der Waals surface area contributed by atoms with Gasteiger partial charge >= 0.3 is 5.97 Å². The predicted octanol–water partition coefficient (Wildman–Crippen LogP) is 3.26. The molecule has 0 unspecified atom stereocenters. The molecule has 1 amide bonds. The summed E-state index contributed by atoms with van der Waals surface area (Å²) >= 11 is 9.11. The second-order valence-electron chi connectivity index (χ2n) is 4.61. The van der Waals surface area contributed by atoms with Crippen LogP contribution in [-0.2, 0) is 9.53 Å². The van der Waals surface area contributed by atoms with E-state index in [2.05, 4.69) is 26.2 Å². The van der Waals surface area contributed by atoms with Gasteiger partial charge in [0.25, 0.3) is 5.91 Å². The van der Waals surface area contributed by atoms with E-state index in [9.17, 15) is 9.59 Å². The highest BCUT2D eigenvalue weighted by Crippen LogP contribution is 2.21. The molecule has 0 fully saturated rings. The number of benzene rings is 1. The molecular formula is C15H13BrClN3O3. The van der Waals surface area contributed by atoms with Gasteiger partial charge in [0.1, 0.15) is 0 Å². The molecule has 0 saturated heterocycles. The summed E-state index contributed by atoms with van der Waals surface area (Å²) in [4.78, 5) is 28.0. The molecule has 0 aliphatic carbocycles. The number of carbonyl (C=O) groups is 2. The van der Waals surface area contributed by atoms with Gasteiger partial charge in [0.2, 0.25) is 0 Å². The summed E-state index contributed by atoms with van der Waals surface area (Å²) in [5, 5.41) is 2.69. The summed E-state index contributed by atoms with van der Waals surface area (Å²) in [6, 6.07) is 8.02. The number of pyridine rings is 1. The zero-order chi connectivity index (χ0) is 17.0. The Morgan fingerprint density at radius 1 is 1.39 bits per heavy atom. The number of amides is 1. The van der Waals surface area contributed by atoms with Gasteiger partial charge in [-0.05, 0) is 37.3 Å². The molecule has 120 valence electrons. The Kier molecular flexibility index (Phi) is 5.57. The fourth-order valence-electron chi connectivity index (χ4n) is 1.70. The standard InChI is InChI=1S/C15H13BrClN3O3/c1-8(14(21)20-12-3-2-6-19-13(12)17)23-15(22)10-7-9(16)4-5-11(10)18/h2-8H,18H2,1H3,(H,20,21)/t8-/m1/s1. The summed E-state index contributed by atoms with van der Waals surface area (Å²) in [6.45, 7) is 1.45. The van der Waals surface area contributed by atoms with Crippen molar-refractivity contribution in [1.29, 1.82) is 0 Å². The maximum Gasteiger partial charge on any atom is 0.341 e. The second kappa shape index (κ2) is 7.43. The van der Waals surface area contributed by atoms with E-state index >= 15 is 0 Å². The third-order valence-electron chi connectivity index (χ3n) is 2.91. The van der Waals surface area contributed by atoms with Gasteiger partial charge in [-0.3, -0.25) is 4.79 Å². The first kappa shape index (κ1) is 17.2. The number of hydrogen-bond acceptors (Lipinski definition) is 5. The van der Waals surface area contributed by atoms with Crippen molar-refractivity contribution in [1.82, 2.24) is 4.98 Å². The van der Waals surface area contributed by atoms with E-state index < -0.39 is 18.0 Å². The molecular weight excluding hydrogens is 386 g/mol. The highest BCUT2D eigenvalue weighted by Gasteiger charge is 2.21. The van der Waals surface area contributed by atoms with Gasteiger partial charge in [0, 0.05) is 16.4 Å². The number of aromatic nitrogens is 1. The van der Waals surface area contributed by atoms with Crippen LogP contribution < -0.4 is 11.1 Å². The number of anilines is 2. The average molecular weight is 399 g/mol. The van der Waals surface area contributed by atoms with E-state index in [1.54, 1.807) is 24.3 Å². The highest BCUT2D eigenvalue weighted by atomic mass is 79.9. The number of esters is 1. The molecule has 0 aliphatic rings. The zero-order valence-corrected chi connectivity index (χ0v) is 14.4. The van der Waals surface area contributed by atoms with Crippen molar-refractivity contribution in [2.24, 2.45) is 0 Å². The fourth-order valence-corrected chi connectivity index (χ4v) is 2.22. The summed E-state index contributed by atoms with van der Waals surface area (Å²) in [6.07, 6.45) is 0.467. The van der Waals surface area contributed by atoms with Gasteiger partial charge in [0.15, 0.2) is 11.3 Å². The van der Waals surface area contributed by atoms with Crippen molar-refractivity contribution in [3.8, 4) is 0 Å². The van der Waals surface area contributed by atoms with Crippen molar-refractivity contribution in [3.63, 3.8) is 0 Å². The number of hydrogen-bond donors (Lipinski definition) is 2. The Hall–Kier alpha value is -2.12. The highest BCUT2D eigenvalue weighted by molar-refractivity contribution is 9.10. The number of rotatable bonds is 4. The normalized spacial score (nSPS) is 11.6. The zero-order valence-electron chi connectivity index (χ0n) is 12.0. The number of carbonyl (C=O) groups excluding carboxylic acids is 2. The van der Waals surface area contributed by atoms with Crippen LogP contribution in [0.1, 0.15) is 17.3 Å². The van der Waals surface area contributed by atoms with Crippen LogP contribution >= 0.6 is 27.5 Å². The van der Waals surface area contributed by atoms with E-state index in [4.69, 9.17) is 22.1 Å². The van der Waals surface area contributed by atoms with Crippen LogP contribution in [0.2, 0.25) is 5.15 Å². The Morgan fingerprint density at radius 2 is 2.13 bits per heavy atom. The first-order valence-electron chi connectivity index (χ1n) is 6.56. The Balaban J connectivity index is 2.05. The maximum absolute atomic E-state index is 12.1. The molecule has 0 radical (unpaired) electrons. The smallest absolute Gasteiger partial charge is 0.341 e. The topological polar surface area (TPSA) is 94.3 Å². The Morgan fingerprint density at radius 3 is 2.83 bits per heavy atom. The first-order chi connectivity index (χ1) is 10.9. The molecule has 2 rings (SSSR count). The maximum atomic E-state index is 12.1. The van der Waals surface area contributed by atoms with Crippen LogP contribution in [0.25, 0.3) is 0 Å². The van der Waals surface area contributed by atoms with Crippen molar-refractivity contribution >= 4 is 50.8 Å². The summed E-state index contributed by atoms with van der Waals surface area (Å²) in [5.41, 5.74) is 6.52. The van der Waals surface area contributed by atoms with Crippen LogP contribution in [-0.4, -0.2) is 23.0 Å².